The lowest BCUT2D eigenvalue weighted by molar-refractivity contribution is 0.0217. The second kappa shape index (κ2) is 6.36. The van der Waals surface area contributed by atoms with Crippen molar-refractivity contribution in [2.45, 2.75) is 40.2 Å². The van der Waals surface area contributed by atoms with Crippen LogP contribution in [0, 0.1) is 23.2 Å². The molecule has 1 aromatic heterocycles. The van der Waals surface area contributed by atoms with Gasteiger partial charge >= 0.3 is 0 Å². The summed E-state index contributed by atoms with van der Waals surface area (Å²) in [6, 6.07) is 2.14. The lowest BCUT2D eigenvalue weighted by Crippen LogP contribution is -2.13. The molecule has 5 heteroatoms. The molecule has 1 aromatic rings. The molecule has 2 unspecified atom stereocenters. The van der Waals surface area contributed by atoms with Crippen LogP contribution in [0.25, 0.3) is 0 Å². The van der Waals surface area contributed by atoms with Gasteiger partial charge in [0.15, 0.2) is 0 Å². The van der Waals surface area contributed by atoms with Crippen molar-refractivity contribution in [1.29, 1.82) is 5.26 Å². The predicted octanol–water partition coefficient (Wildman–Crippen LogP) is 2.51. The fraction of sp³-hybridized carbons (Fsp3) is 0.750. The molecule has 94 valence electrons. The van der Waals surface area contributed by atoms with E-state index in [9.17, 15) is 0 Å². The van der Waals surface area contributed by atoms with Gasteiger partial charge in [-0.1, -0.05) is 19.0 Å². The average Bonchev–Trinajstić information content (AvgIpc) is 2.73. The van der Waals surface area contributed by atoms with Gasteiger partial charge in [0, 0.05) is 13.0 Å². The number of hydrogen-bond donors (Lipinski definition) is 0. The van der Waals surface area contributed by atoms with Gasteiger partial charge in [0.2, 0.25) is 11.7 Å². The highest BCUT2D eigenvalue weighted by atomic mass is 16.5. The van der Waals surface area contributed by atoms with Gasteiger partial charge in [-0.2, -0.15) is 10.2 Å². The molecule has 5 nitrogen and oxygen atoms in total. The third-order valence-corrected chi connectivity index (χ3v) is 2.39. The molecule has 2 atom stereocenters. The Kier molecular flexibility index (Phi) is 5.11. The van der Waals surface area contributed by atoms with Gasteiger partial charge in [0.1, 0.15) is 6.10 Å². The maximum Gasteiger partial charge on any atom is 0.228 e. The zero-order valence-electron chi connectivity index (χ0n) is 10.8. The molecule has 0 radical (unpaired) electrons. The minimum Gasteiger partial charge on any atom is -0.370 e. The molecule has 17 heavy (non-hydrogen) atoms. The second-order valence-electron chi connectivity index (χ2n) is 4.40. The van der Waals surface area contributed by atoms with Crippen LogP contribution >= 0.6 is 0 Å². The van der Waals surface area contributed by atoms with Crippen LogP contribution in [0.2, 0.25) is 0 Å². The average molecular weight is 237 g/mol. The maximum absolute atomic E-state index is 8.72. The quantitative estimate of drug-likeness (QED) is 0.760. The molecular weight excluding hydrogens is 218 g/mol. The number of ether oxygens (including phenoxy) is 1. The molecule has 1 rings (SSSR count). The summed E-state index contributed by atoms with van der Waals surface area (Å²) in [7, 11) is 0. The predicted molar refractivity (Wildman–Crippen MR) is 62.0 cm³/mol. The minimum atomic E-state index is -0.144. The van der Waals surface area contributed by atoms with Crippen molar-refractivity contribution in [1.82, 2.24) is 10.1 Å². The molecule has 0 saturated carbocycles. The zero-order chi connectivity index (χ0) is 12.8. The highest BCUT2D eigenvalue weighted by Gasteiger charge is 2.22. The summed E-state index contributed by atoms with van der Waals surface area (Å²) in [5.41, 5.74) is 0. The van der Waals surface area contributed by atoms with Gasteiger partial charge in [-0.15, -0.1) is 0 Å². The molecule has 1 heterocycles. The van der Waals surface area contributed by atoms with Crippen molar-refractivity contribution in [3.05, 3.63) is 11.7 Å². The standard InChI is InChI=1S/C12H19N3O2/c1-5-16-11(8(2)3)12-14-10(17-15-12)6-9(4)7-13/h8-9,11H,5-6H2,1-4H3. The van der Waals surface area contributed by atoms with E-state index in [1.165, 1.54) is 0 Å². The van der Waals surface area contributed by atoms with Gasteiger partial charge in [-0.3, -0.25) is 0 Å². The highest BCUT2D eigenvalue weighted by Crippen LogP contribution is 2.23. The van der Waals surface area contributed by atoms with E-state index in [2.05, 4.69) is 16.2 Å². The fourth-order valence-corrected chi connectivity index (χ4v) is 1.52. The van der Waals surface area contributed by atoms with Crippen LogP contribution in [-0.4, -0.2) is 16.7 Å². The van der Waals surface area contributed by atoms with E-state index in [1.54, 1.807) is 0 Å². The van der Waals surface area contributed by atoms with Gasteiger partial charge in [-0.25, -0.2) is 0 Å². The Morgan fingerprint density at radius 1 is 1.41 bits per heavy atom. The van der Waals surface area contributed by atoms with Crippen molar-refractivity contribution in [3.63, 3.8) is 0 Å². The molecular formula is C12H19N3O2. The summed E-state index contributed by atoms with van der Waals surface area (Å²) >= 11 is 0. The Bertz CT molecular complexity index is 381. The van der Waals surface area contributed by atoms with Crippen molar-refractivity contribution >= 4 is 0 Å². The van der Waals surface area contributed by atoms with Crippen LogP contribution in [0.1, 0.15) is 45.5 Å². The fourth-order valence-electron chi connectivity index (χ4n) is 1.52. The Labute approximate surface area is 102 Å². The zero-order valence-corrected chi connectivity index (χ0v) is 10.8. The summed E-state index contributed by atoms with van der Waals surface area (Å²) in [5.74, 6) is 1.24. The van der Waals surface area contributed by atoms with Crippen LogP contribution < -0.4 is 0 Å². The maximum atomic E-state index is 8.72. The van der Waals surface area contributed by atoms with E-state index >= 15 is 0 Å². The summed E-state index contributed by atoms with van der Waals surface area (Å²) in [5, 5.41) is 12.6. The Balaban J connectivity index is 2.75. The van der Waals surface area contributed by atoms with Crippen LogP contribution in [0.15, 0.2) is 4.52 Å². The van der Waals surface area contributed by atoms with Crippen LogP contribution in [-0.2, 0) is 11.2 Å². The van der Waals surface area contributed by atoms with E-state index in [1.807, 2.05) is 27.7 Å². The smallest absolute Gasteiger partial charge is 0.228 e. The monoisotopic (exact) mass is 237 g/mol. The van der Waals surface area contributed by atoms with E-state index in [-0.39, 0.29) is 17.9 Å². The number of nitrogens with zero attached hydrogens (tertiary/aromatic N) is 3. The summed E-state index contributed by atoms with van der Waals surface area (Å²) in [6.45, 7) is 8.48. The summed E-state index contributed by atoms with van der Waals surface area (Å²) in [6.07, 6.45) is 0.343. The van der Waals surface area contributed by atoms with Crippen LogP contribution in [0.3, 0.4) is 0 Å². The number of aromatic nitrogens is 2. The third-order valence-electron chi connectivity index (χ3n) is 2.39. The summed E-state index contributed by atoms with van der Waals surface area (Å²) < 4.78 is 10.7. The molecule has 0 bridgehead atoms. The molecule has 0 spiro atoms. The largest absolute Gasteiger partial charge is 0.370 e. The van der Waals surface area contributed by atoms with Gasteiger partial charge < -0.3 is 9.26 Å². The van der Waals surface area contributed by atoms with Crippen LogP contribution in [0.5, 0.6) is 0 Å². The van der Waals surface area contributed by atoms with E-state index < -0.39 is 0 Å². The first kappa shape index (κ1) is 13.7. The lowest BCUT2D eigenvalue weighted by Gasteiger charge is -2.16. The molecule has 0 aliphatic heterocycles. The minimum absolute atomic E-state index is 0.118. The molecule has 0 aliphatic carbocycles. The SMILES string of the molecule is CCOC(c1noc(CC(C)C#N)n1)C(C)C. The normalized spacial score (nSPS) is 14.6. The number of rotatable bonds is 6. The highest BCUT2D eigenvalue weighted by molar-refractivity contribution is 4.95. The Morgan fingerprint density at radius 2 is 2.12 bits per heavy atom. The molecule has 0 aromatic carbocycles. The second-order valence-corrected chi connectivity index (χ2v) is 4.40. The van der Waals surface area contributed by atoms with Crippen molar-refractivity contribution in [2.24, 2.45) is 11.8 Å². The van der Waals surface area contributed by atoms with E-state index in [0.717, 1.165) is 0 Å². The van der Waals surface area contributed by atoms with Gasteiger partial charge in [0.05, 0.1) is 12.0 Å². The number of hydrogen-bond acceptors (Lipinski definition) is 5. The molecule has 0 aliphatic rings. The van der Waals surface area contributed by atoms with Gasteiger partial charge in [0.25, 0.3) is 0 Å². The third kappa shape index (κ3) is 3.82. The van der Waals surface area contributed by atoms with Crippen molar-refractivity contribution in [3.8, 4) is 6.07 Å². The first-order chi connectivity index (χ1) is 8.08. The van der Waals surface area contributed by atoms with E-state index in [4.69, 9.17) is 14.5 Å². The van der Waals surface area contributed by atoms with Crippen molar-refractivity contribution < 1.29 is 9.26 Å². The number of nitriles is 1. The molecule has 0 amide bonds. The molecule has 0 N–H and O–H groups in total. The topological polar surface area (TPSA) is 71.9 Å². The van der Waals surface area contributed by atoms with Gasteiger partial charge in [-0.05, 0) is 19.8 Å². The first-order valence-electron chi connectivity index (χ1n) is 5.92. The summed E-state index contributed by atoms with van der Waals surface area (Å²) in [4.78, 5) is 4.28. The first-order valence-corrected chi connectivity index (χ1v) is 5.92. The van der Waals surface area contributed by atoms with Crippen LogP contribution in [0.4, 0.5) is 0 Å². The van der Waals surface area contributed by atoms with Crippen molar-refractivity contribution in [2.75, 3.05) is 6.61 Å². The van der Waals surface area contributed by atoms with E-state index in [0.29, 0.717) is 24.7 Å². The molecule has 0 fully saturated rings. The lowest BCUT2D eigenvalue weighted by atomic mass is 10.1. The molecule has 0 saturated heterocycles. The Hall–Kier alpha value is -1.41. The Morgan fingerprint density at radius 3 is 2.65 bits per heavy atom.